The third kappa shape index (κ3) is 4.27. The van der Waals surface area contributed by atoms with Gasteiger partial charge in [-0.1, -0.05) is 54.6 Å². The Kier molecular flexibility index (Phi) is 5.74. The molecule has 4 heteroatoms. The van der Waals surface area contributed by atoms with Gasteiger partial charge in [-0.15, -0.1) is 11.6 Å². The highest BCUT2D eigenvalue weighted by Gasteiger charge is 2.25. The first-order valence-corrected chi connectivity index (χ1v) is 8.25. The Labute approximate surface area is 132 Å². The summed E-state index contributed by atoms with van der Waals surface area (Å²) in [6, 6.07) is 18.6. The minimum Gasteiger partial charge on any atom is -0.386 e. The van der Waals surface area contributed by atoms with Crippen LogP contribution in [0.3, 0.4) is 0 Å². The highest BCUT2D eigenvalue weighted by atomic mass is 35.5. The fraction of sp³-hybridized carbons (Fsp3) is 0.176. The third-order valence-corrected chi connectivity index (χ3v) is 5.22. The van der Waals surface area contributed by atoms with Crippen molar-refractivity contribution in [2.45, 2.75) is 22.6 Å². The first-order valence-electron chi connectivity index (χ1n) is 6.60. The first-order chi connectivity index (χ1) is 10.1. The van der Waals surface area contributed by atoms with Gasteiger partial charge in [0.1, 0.15) is 10.8 Å². The summed E-state index contributed by atoms with van der Waals surface area (Å²) < 4.78 is 11.5. The molecule has 2 aromatic carbocycles. The summed E-state index contributed by atoms with van der Waals surface area (Å²) in [4.78, 5) is 0.615. The van der Waals surface area contributed by atoms with Gasteiger partial charge in [0.2, 0.25) is 0 Å². The topological polar surface area (TPSA) is 37.3 Å². The Morgan fingerprint density at radius 1 is 1.10 bits per heavy atom. The van der Waals surface area contributed by atoms with E-state index in [1.165, 1.54) is 0 Å². The average molecular weight is 321 g/mol. The first kappa shape index (κ1) is 16.0. The van der Waals surface area contributed by atoms with Crippen LogP contribution in [0.1, 0.15) is 12.5 Å². The highest BCUT2D eigenvalue weighted by molar-refractivity contribution is 7.87. The molecule has 0 spiro atoms. The van der Waals surface area contributed by atoms with Crippen molar-refractivity contribution in [1.29, 1.82) is 0 Å². The maximum atomic E-state index is 12.3. The number of hydrogen-bond donors (Lipinski definition) is 1. The molecule has 0 bridgehead atoms. The zero-order valence-electron chi connectivity index (χ0n) is 11.6. The second-order valence-corrected chi connectivity index (χ2v) is 7.01. The summed E-state index contributed by atoms with van der Waals surface area (Å²) in [6.07, 6.45) is 0.885. The van der Waals surface area contributed by atoms with Gasteiger partial charge in [-0.05, 0) is 30.2 Å². The van der Waals surface area contributed by atoms with E-state index in [2.05, 4.69) is 0 Å². The monoisotopic (exact) mass is 320 g/mol. The zero-order chi connectivity index (χ0) is 15.2. The van der Waals surface area contributed by atoms with Crippen LogP contribution >= 0.6 is 11.6 Å². The predicted molar refractivity (Wildman–Crippen MR) is 88.6 cm³/mol. The van der Waals surface area contributed by atoms with Crippen molar-refractivity contribution in [2.24, 2.45) is 0 Å². The smallest absolute Gasteiger partial charge is 0.143 e. The molecule has 0 fully saturated rings. The lowest BCUT2D eigenvalue weighted by Gasteiger charge is -2.17. The van der Waals surface area contributed by atoms with Crippen molar-refractivity contribution in [2.75, 3.05) is 0 Å². The maximum Gasteiger partial charge on any atom is 0.143 e. The Bertz CT molecular complexity index is 626. The molecular formula is C17H17ClO2S. The zero-order valence-corrected chi connectivity index (χ0v) is 13.2. The van der Waals surface area contributed by atoms with Gasteiger partial charge < -0.3 is 5.11 Å². The minimum atomic E-state index is -1.46. The summed E-state index contributed by atoms with van der Waals surface area (Å²) in [5.41, 5.74) is 1.66. The van der Waals surface area contributed by atoms with Gasteiger partial charge in [-0.25, -0.2) is 0 Å². The van der Waals surface area contributed by atoms with E-state index in [0.29, 0.717) is 10.5 Å². The van der Waals surface area contributed by atoms with E-state index in [-0.39, 0.29) is 0 Å². The maximum absolute atomic E-state index is 12.3. The lowest BCUT2D eigenvalue weighted by atomic mass is 10.1. The normalized spacial score (nSPS) is 16.2. The van der Waals surface area contributed by atoms with Crippen LogP contribution in [-0.4, -0.2) is 20.1 Å². The van der Waals surface area contributed by atoms with E-state index in [1.807, 2.05) is 42.5 Å². The third-order valence-electron chi connectivity index (χ3n) is 3.09. The Hall–Kier alpha value is -1.42. The molecule has 3 unspecified atom stereocenters. The second kappa shape index (κ2) is 7.55. The molecule has 0 aliphatic carbocycles. The van der Waals surface area contributed by atoms with Gasteiger partial charge in [0.15, 0.2) is 0 Å². The summed E-state index contributed by atoms with van der Waals surface area (Å²) >= 11 is 6.19. The Morgan fingerprint density at radius 3 is 2.19 bits per heavy atom. The summed E-state index contributed by atoms with van der Waals surface area (Å²) in [5.74, 6) is 0. The fourth-order valence-corrected chi connectivity index (χ4v) is 3.55. The number of alkyl halides is 1. The summed E-state index contributed by atoms with van der Waals surface area (Å²) in [5, 5.41) is 10.3. The largest absolute Gasteiger partial charge is 0.386 e. The molecule has 0 radical (unpaired) electrons. The van der Waals surface area contributed by atoms with Gasteiger partial charge in [0, 0.05) is 4.90 Å². The molecule has 2 rings (SSSR count). The Morgan fingerprint density at radius 2 is 1.62 bits per heavy atom. The number of benzene rings is 2. The van der Waals surface area contributed by atoms with E-state index in [9.17, 15) is 9.32 Å². The quantitative estimate of drug-likeness (QED) is 0.850. The number of aliphatic hydroxyl groups is 1. The van der Waals surface area contributed by atoms with Crippen LogP contribution in [0.4, 0.5) is 0 Å². The van der Waals surface area contributed by atoms with Crippen molar-refractivity contribution in [3.8, 4) is 0 Å². The van der Waals surface area contributed by atoms with Crippen LogP contribution in [0.15, 0.2) is 71.1 Å². The molecule has 0 saturated carbocycles. The molecule has 0 aliphatic rings. The van der Waals surface area contributed by atoms with Gasteiger partial charge in [0.05, 0.1) is 10.8 Å². The summed E-state index contributed by atoms with van der Waals surface area (Å²) in [6.45, 7) is 1.79. The van der Waals surface area contributed by atoms with E-state index < -0.39 is 21.6 Å². The van der Waals surface area contributed by atoms with Crippen LogP contribution in [0.25, 0.3) is 6.08 Å². The van der Waals surface area contributed by atoms with E-state index in [4.69, 9.17) is 11.6 Å². The highest BCUT2D eigenvalue weighted by Crippen LogP contribution is 2.22. The van der Waals surface area contributed by atoms with Crippen LogP contribution < -0.4 is 0 Å². The van der Waals surface area contributed by atoms with Crippen molar-refractivity contribution in [3.63, 3.8) is 0 Å². The SMILES string of the molecule is C/C(=C\c1ccccc1)C(O)C(Cl)S(=O)c1ccccc1. The van der Waals surface area contributed by atoms with Gasteiger partial charge in [0.25, 0.3) is 0 Å². The Balaban J connectivity index is 2.14. The molecule has 2 nitrogen and oxygen atoms in total. The average Bonchev–Trinajstić information content (AvgIpc) is 2.54. The van der Waals surface area contributed by atoms with Crippen LogP contribution in [0.5, 0.6) is 0 Å². The van der Waals surface area contributed by atoms with Crippen LogP contribution in [0, 0.1) is 0 Å². The molecule has 0 saturated heterocycles. The van der Waals surface area contributed by atoms with Crippen LogP contribution in [-0.2, 0) is 10.8 Å². The predicted octanol–water partition coefficient (Wildman–Crippen LogP) is 3.82. The number of hydrogen-bond acceptors (Lipinski definition) is 2. The number of halogens is 1. The fourth-order valence-electron chi connectivity index (χ4n) is 1.91. The van der Waals surface area contributed by atoms with Crippen molar-refractivity contribution < 1.29 is 9.32 Å². The van der Waals surface area contributed by atoms with Crippen molar-refractivity contribution in [3.05, 3.63) is 71.8 Å². The number of aliphatic hydroxyl groups excluding tert-OH is 1. The van der Waals surface area contributed by atoms with E-state index in [1.54, 1.807) is 31.2 Å². The molecule has 2 aromatic rings. The molecule has 0 aliphatic heterocycles. The molecule has 1 N–H and O–H groups in total. The molecule has 0 amide bonds. The van der Waals surface area contributed by atoms with Crippen molar-refractivity contribution in [1.82, 2.24) is 0 Å². The van der Waals surface area contributed by atoms with Gasteiger partial charge in [-0.2, -0.15) is 0 Å². The summed E-state index contributed by atoms with van der Waals surface area (Å²) in [7, 11) is -1.46. The second-order valence-electron chi connectivity index (χ2n) is 4.71. The standard InChI is InChI=1S/C17H17ClO2S/c1-13(12-14-8-4-2-5-9-14)16(19)17(18)21(20)15-10-6-3-7-11-15/h2-12,16-17,19H,1H3/b13-12+. The lowest BCUT2D eigenvalue weighted by molar-refractivity contribution is 0.226. The van der Waals surface area contributed by atoms with Crippen LogP contribution in [0.2, 0.25) is 0 Å². The lowest BCUT2D eigenvalue weighted by Crippen LogP contribution is -2.26. The van der Waals surface area contributed by atoms with E-state index in [0.717, 1.165) is 5.56 Å². The molecule has 21 heavy (non-hydrogen) atoms. The molecular weight excluding hydrogens is 304 g/mol. The minimum absolute atomic E-state index is 0.615. The van der Waals surface area contributed by atoms with Gasteiger partial charge in [-0.3, -0.25) is 4.21 Å². The molecule has 0 heterocycles. The van der Waals surface area contributed by atoms with E-state index >= 15 is 0 Å². The molecule has 0 aromatic heterocycles. The molecule has 110 valence electrons. The van der Waals surface area contributed by atoms with Crippen molar-refractivity contribution >= 4 is 28.5 Å². The van der Waals surface area contributed by atoms with Gasteiger partial charge >= 0.3 is 0 Å². The number of rotatable bonds is 5. The molecule has 3 atom stereocenters.